The molecule has 7 nitrogen and oxygen atoms in total. The molecule has 0 amide bonds. The normalized spacial score (nSPS) is 15.6. The number of nitrogens with two attached hydrogens (primary N) is 1. The molecule has 4 rings (SSSR count). The monoisotopic (exact) mass is 439 g/mol. The number of rotatable bonds is 7. The zero-order chi connectivity index (χ0) is 21.6. The van der Waals surface area contributed by atoms with Crippen molar-refractivity contribution >= 4 is 23.2 Å². The third-order valence-corrected chi connectivity index (χ3v) is 5.53. The van der Waals surface area contributed by atoms with Gasteiger partial charge in [-0.1, -0.05) is 23.7 Å². The van der Waals surface area contributed by atoms with Crippen molar-refractivity contribution in [2.75, 3.05) is 50.0 Å². The first kappa shape index (κ1) is 21.4. The Morgan fingerprint density at radius 3 is 2.58 bits per heavy atom. The number of aliphatic hydroxyl groups is 1. The van der Waals surface area contributed by atoms with Gasteiger partial charge in [0, 0.05) is 55.2 Å². The number of halogens is 1. The van der Waals surface area contributed by atoms with E-state index in [1.807, 2.05) is 48.5 Å². The molecule has 1 unspecified atom stereocenters. The van der Waals surface area contributed by atoms with E-state index in [-0.39, 0.29) is 12.6 Å². The van der Waals surface area contributed by atoms with E-state index >= 15 is 0 Å². The summed E-state index contributed by atoms with van der Waals surface area (Å²) in [4.78, 5) is 12.8. The number of benzene rings is 2. The van der Waals surface area contributed by atoms with Gasteiger partial charge in [0.2, 0.25) is 5.95 Å². The van der Waals surface area contributed by atoms with Gasteiger partial charge in [-0.05, 0) is 42.5 Å². The average molecular weight is 440 g/mol. The van der Waals surface area contributed by atoms with Crippen LogP contribution in [0.4, 0.5) is 11.6 Å². The zero-order valence-electron chi connectivity index (χ0n) is 17.2. The van der Waals surface area contributed by atoms with E-state index in [0.717, 1.165) is 42.5 Å². The van der Waals surface area contributed by atoms with Gasteiger partial charge in [0.05, 0.1) is 5.69 Å². The van der Waals surface area contributed by atoms with Crippen molar-refractivity contribution in [3.05, 3.63) is 65.8 Å². The second-order valence-corrected chi connectivity index (χ2v) is 7.99. The molecule has 1 aliphatic heterocycles. The molecule has 2 aromatic carbocycles. The lowest BCUT2D eigenvalue weighted by Crippen LogP contribution is -2.49. The van der Waals surface area contributed by atoms with E-state index in [1.54, 1.807) is 12.3 Å². The van der Waals surface area contributed by atoms with E-state index in [9.17, 15) is 5.11 Å². The van der Waals surface area contributed by atoms with Crippen molar-refractivity contribution in [3.8, 4) is 17.0 Å². The number of nitrogens with zero attached hydrogens (tertiary/aromatic N) is 4. The minimum atomic E-state index is -0.569. The van der Waals surface area contributed by atoms with Gasteiger partial charge >= 0.3 is 0 Å². The van der Waals surface area contributed by atoms with Gasteiger partial charge in [0.15, 0.2) is 0 Å². The molecule has 3 aromatic rings. The molecule has 0 aliphatic carbocycles. The van der Waals surface area contributed by atoms with Crippen molar-refractivity contribution in [1.82, 2.24) is 14.9 Å². The lowest BCUT2D eigenvalue weighted by atomic mass is 10.1. The first-order valence-electron chi connectivity index (χ1n) is 10.3. The van der Waals surface area contributed by atoms with Crippen molar-refractivity contribution in [2.24, 2.45) is 0 Å². The van der Waals surface area contributed by atoms with E-state index in [0.29, 0.717) is 12.3 Å². The van der Waals surface area contributed by atoms with Gasteiger partial charge < -0.3 is 20.5 Å². The molecule has 0 radical (unpaired) electrons. The standard InChI is InChI=1S/C23H26ClN5O2/c24-18-4-6-19(7-5-18)29-12-10-28(11-13-29)15-20(30)16-31-21-3-1-2-17(14-21)22-8-9-26-23(25)27-22/h1-9,14,20,30H,10-13,15-16H2,(H2,25,26,27). The number of piperazine rings is 1. The minimum Gasteiger partial charge on any atom is -0.491 e. The molecule has 0 spiro atoms. The molecule has 3 N–H and O–H groups in total. The van der Waals surface area contributed by atoms with Crippen LogP contribution in [0, 0.1) is 0 Å². The summed E-state index contributed by atoms with van der Waals surface area (Å²) in [5.74, 6) is 0.914. The number of hydrogen-bond donors (Lipinski definition) is 2. The van der Waals surface area contributed by atoms with Gasteiger partial charge in [-0.2, -0.15) is 0 Å². The molecule has 0 bridgehead atoms. The Morgan fingerprint density at radius 2 is 1.84 bits per heavy atom. The highest BCUT2D eigenvalue weighted by Crippen LogP contribution is 2.23. The maximum Gasteiger partial charge on any atom is 0.220 e. The molecule has 1 fully saturated rings. The minimum absolute atomic E-state index is 0.229. The van der Waals surface area contributed by atoms with Crippen molar-refractivity contribution in [3.63, 3.8) is 0 Å². The molecule has 0 saturated carbocycles. The summed E-state index contributed by atoms with van der Waals surface area (Å²) < 4.78 is 5.83. The van der Waals surface area contributed by atoms with Crippen LogP contribution in [0.5, 0.6) is 5.75 Å². The van der Waals surface area contributed by atoms with Crippen LogP contribution in [0.15, 0.2) is 60.8 Å². The van der Waals surface area contributed by atoms with Crippen LogP contribution in [0.1, 0.15) is 0 Å². The number of hydrogen-bond acceptors (Lipinski definition) is 7. The quantitative estimate of drug-likeness (QED) is 0.585. The van der Waals surface area contributed by atoms with Crippen LogP contribution >= 0.6 is 11.6 Å². The third-order valence-electron chi connectivity index (χ3n) is 5.28. The van der Waals surface area contributed by atoms with Crippen LogP contribution in [0.3, 0.4) is 0 Å². The fraction of sp³-hybridized carbons (Fsp3) is 0.304. The number of ether oxygens (including phenoxy) is 1. The molecule has 1 aliphatic rings. The van der Waals surface area contributed by atoms with Crippen LogP contribution in [0.25, 0.3) is 11.3 Å². The Hall–Kier alpha value is -2.87. The summed E-state index contributed by atoms with van der Waals surface area (Å²) in [6, 6.07) is 17.3. The fourth-order valence-corrected chi connectivity index (χ4v) is 3.79. The second kappa shape index (κ2) is 9.96. The molecule has 1 saturated heterocycles. The number of aromatic nitrogens is 2. The maximum atomic E-state index is 10.5. The van der Waals surface area contributed by atoms with Gasteiger partial charge in [-0.25, -0.2) is 9.97 Å². The highest BCUT2D eigenvalue weighted by atomic mass is 35.5. The van der Waals surface area contributed by atoms with Crippen molar-refractivity contribution in [2.45, 2.75) is 6.10 Å². The predicted molar refractivity (Wildman–Crippen MR) is 123 cm³/mol. The molecule has 162 valence electrons. The van der Waals surface area contributed by atoms with Gasteiger partial charge in [0.25, 0.3) is 0 Å². The Kier molecular flexibility index (Phi) is 6.86. The summed E-state index contributed by atoms with van der Waals surface area (Å²) in [6.45, 7) is 4.43. The number of nitrogen functional groups attached to an aromatic ring is 1. The highest BCUT2D eigenvalue weighted by molar-refractivity contribution is 6.30. The topological polar surface area (TPSA) is 87.7 Å². The fourth-order valence-electron chi connectivity index (χ4n) is 3.66. The first-order chi connectivity index (χ1) is 15.1. The number of anilines is 2. The molecular formula is C23H26ClN5O2. The largest absolute Gasteiger partial charge is 0.491 e. The summed E-state index contributed by atoms with van der Waals surface area (Å²) in [7, 11) is 0. The van der Waals surface area contributed by atoms with E-state index in [2.05, 4.69) is 19.8 Å². The van der Waals surface area contributed by atoms with Crippen LogP contribution < -0.4 is 15.4 Å². The van der Waals surface area contributed by atoms with Crippen LogP contribution in [0.2, 0.25) is 5.02 Å². The van der Waals surface area contributed by atoms with Gasteiger partial charge in [-0.15, -0.1) is 0 Å². The average Bonchev–Trinajstić information content (AvgIpc) is 2.79. The Bertz CT molecular complexity index is 993. The van der Waals surface area contributed by atoms with Crippen LogP contribution in [-0.4, -0.2) is 65.4 Å². The van der Waals surface area contributed by atoms with E-state index in [1.165, 1.54) is 5.69 Å². The van der Waals surface area contributed by atoms with Gasteiger partial charge in [-0.3, -0.25) is 4.90 Å². The van der Waals surface area contributed by atoms with Crippen molar-refractivity contribution in [1.29, 1.82) is 0 Å². The second-order valence-electron chi connectivity index (χ2n) is 7.56. The van der Waals surface area contributed by atoms with Crippen LogP contribution in [-0.2, 0) is 0 Å². The number of aliphatic hydroxyl groups excluding tert-OH is 1. The van der Waals surface area contributed by atoms with Gasteiger partial charge in [0.1, 0.15) is 18.5 Å². The lowest BCUT2D eigenvalue weighted by molar-refractivity contribution is 0.0663. The van der Waals surface area contributed by atoms with E-state index in [4.69, 9.17) is 22.1 Å². The Balaban J connectivity index is 1.25. The Labute approximate surface area is 187 Å². The summed E-state index contributed by atoms with van der Waals surface area (Å²) in [5, 5.41) is 11.2. The third kappa shape index (κ3) is 5.85. The molecule has 1 aromatic heterocycles. The lowest BCUT2D eigenvalue weighted by Gasteiger charge is -2.36. The van der Waals surface area contributed by atoms with E-state index < -0.39 is 6.10 Å². The Morgan fingerprint density at radius 1 is 1.06 bits per heavy atom. The smallest absolute Gasteiger partial charge is 0.220 e. The summed E-state index contributed by atoms with van der Waals surface area (Å²) >= 11 is 5.97. The molecule has 2 heterocycles. The summed E-state index contributed by atoms with van der Waals surface area (Å²) in [5.41, 5.74) is 8.47. The molecule has 1 atom stereocenters. The zero-order valence-corrected chi connectivity index (χ0v) is 17.9. The molecule has 8 heteroatoms. The maximum absolute atomic E-state index is 10.5. The predicted octanol–water partition coefficient (Wildman–Crippen LogP) is 2.94. The SMILES string of the molecule is Nc1nccc(-c2cccc(OCC(O)CN3CCN(c4ccc(Cl)cc4)CC3)c2)n1. The highest BCUT2D eigenvalue weighted by Gasteiger charge is 2.20. The molecular weight excluding hydrogens is 414 g/mol. The number of β-amino-alcohol motifs (C(OH)–C–C–N with tert-alkyl or cyclic N) is 1. The van der Waals surface area contributed by atoms with Crippen molar-refractivity contribution < 1.29 is 9.84 Å². The first-order valence-corrected chi connectivity index (χ1v) is 10.7. The molecule has 31 heavy (non-hydrogen) atoms. The summed E-state index contributed by atoms with van der Waals surface area (Å²) in [6.07, 6.45) is 1.06.